The van der Waals surface area contributed by atoms with Gasteiger partial charge in [0.15, 0.2) is 0 Å². The van der Waals surface area contributed by atoms with E-state index in [1.165, 1.54) is 32.9 Å². The van der Waals surface area contributed by atoms with E-state index in [-0.39, 0.29) is 29.0 Å². The first-order chi connectivity index (χ1) is 15.8. The predicted molar refractivity (Wildman–Crippen MR) is 127 cm³/mol. The highest BCUT2D eigenvalue weighted by Crippen LogP contribution is 2.26. The van der Waals surface area contributed by atoms with Crippen LogP contribution in [0.15, 0.2) is 58.3 Å². The highest BCUT2D eigenvalue weighted by molar-refractivity contribution is 7.89. The number of hydrogen-bond donors (Lipinski definition) is 0. The van der Waals surface area contributed by atoms with Crippen LogP contribution in [0.1, 0.15) is 37.7 Å². The molecule has 0 aliphatic carbocycles. The van der Waals surface area contributed by atoms with Gasteiger partial charge in [0.1, 0.15) is 0 Å². The molecule has 2 aromatic carbocycles. The van der Waals surface area contributed by atoms with E-state index in [9.17, 15) is 16.8 Å². The molecule has 4 rings (SSSR count). The maximum absolute atomic E-state index is 13.5. The summed E-state index contributed by atoms with van der Waals surface area (Å²) in [6.45, 7) is 2.03. The van der Waals surface area contributed by atoms with Gasteiger partial charge in [0, 0.05) is 37.8 Å². The molecule has 0 N–H and O–H groups in total. The Bertz CT molecular complexity index is 1140. The molecule has 0 radical (unpaired) electrons. The average Bonchev–Trinajstić information content (AvgIpc) is 3.34. The van der Waals surface area contributed by atoms with Gasteiger partial charge in [-0.2, -0.15) is 8.61 Å². The van der Waals surface area contributed by atoms with Crippen LogP contribution in [0.3, 0.4) is 0 Å². The summed E-state index contributed by atoms with van der Waals surface area (Å²) in [4.78, 5) is 0.179. The summed E-state index contributed by atoms with van der Waals surface area (Å²) in [5.74, 6) is 0. The first-order valence-electron chi connectivity index (χ1n) is 11.2. The van der Waals surface area contributed by atoms with Gasteiger partial charge in [-0.3, -0.25) is 0 Å². The van der Waals surface area contributed by atoms with Gasteiger partial charge in [0.2, 0.25) is 20.0 Å². The summed E-state index contributed by atoms with van der Waals surface area (Å²) in [6.07, 6.45) is 4.26. The van der Waals surface area contributed by atoms with E-state index in [0.717, 1.165) is 37.7 Å². The Labute approximate surface area is 201 Å². The van der Waals surface area contributed by atoms with E-state index in [1.807, 2.05) is 0 Å². The van der Waals surface area contributed by atoms with Crippen molar-refractivity contribution < 1.29 is 21.6 Å². The molecule has 2 aliphatic heterocycles. The minimum Gasteiger partial charge on any atom is -0.377 e. The van der Waals surface area contributed by atoms with Crippen molar-refractivity contribution in [2.45, 2.75) is 54.5 Å². The van der Waals surface area contributed by atoms with Gasteiger partial charge in [0.25, 0.3) is 0 Å². The number of hydrogen-bond acceptors (Lipinski definition) is 5. The van der Waals surface area contributed by atoms with Gasteiger partial charge in [-0.05, 0) is 67.6 Å². The van der Waals surface area contributed by atoms with Crippen LogP contribution in [0, 0.1) is 0 Å². The molecular weight excluding hydrogens is 484 g/mol. The van der Waals surface area contributed by atoms with Crippen molar-refractivity contribution in [1.82, 2.24) is 8.61 Å². The Balaban J connectivity index is 1.58. The van der Waals surface area contributed by atoms with Crippen molar-refractivity contribution in [3.63, 3.8) is 0 Å². The van der Waals surface area contributed by atoms with Crippen molar-refractivity contribution in [3.8, 4) is 0 Å². The van der Waals surface area contributed by atoms with Crippen LogP contribution in [0.25, 0.3) is 0 Å². The minimum atomic E-state index is -3.87. The number of ether oxygens (including phenoxy) is 1. The quantitative estimate of drug-likeness (QED) is 0.536. The van der Waals surface area contributed by atoms with Gasteiger partial charge < -0.3 is 4.74 Å². The molecule has 0 amide bonds. The first kappa shape index (κ1) is 24.6. The lowest BCUT2D eigenvalue weighted by molar-refractivity contribution is 0.0926. The number of sulfonamides is 2. The summed E-state index contributed by atoms with van der Waals surface area (Å²) in [5, 5.41) is 0.581. The van der Waals surface area contributed by atoms with E-state index in [4.69, 9.17) is 16.3 Å². The van der Waals surface area contributed by atoms with Crippen LogP contribution in [0.2, 0.25) is 5.02 Å². The van der Waals surface area contributed by atoms with E-state index in [0.29, 0.717) is 24.7 Å². The van der Waals surface area contributed by atoms with Gasteiger partial charge in [0.05, 0.1) is 15.9 Å². The Morgan fingerprint density at radius 1 is 0.879 bits per heavy atom. The summed E-state index contributed by atoms with van der Waals surface area (Å²) < 4.78 is 61.5. The third kappa shape index (κ3) is 5.78. The monoisotopic (exact) mass is 512 g/mol. The van der Waals surface area contributed by atoms with E-state index in [2.05, 4.69) is 0 Å². The second-order valence-corrected chi connectivity index (χ2v) is 12.8. The second kappa shape index (κ2) is 10.4. The Morgan fingerprint density at radius 3 is 2.12 bits per heavy atom. The zero-order chi connectivity index (χ0) is 23.5. The topological polar surface area (TPSA) is 84.0 Å². The highest BCUT2D eigenvalue weighted by atomic mass is 35.5. The largest absolute Gasteiger partial charge is 0.377 e. The zero-order valence-electron chi connectivity index (χ0n) is 18.4. The lowest BCUT2D eigenvalue weighted by Crippen LogP contribution is -2.37. The van der Waals surface area contributed by atoms with E-state index >= 15 is 0 Å². The van der Waals surface area contributed by atoms with Crippen LogP contribution >= 0.6 is 11.6 Å². The molecular formula is C23H29ClN2O5S2. The molecule has 2 heterocycles. The van der Waals surface area contributed by atoms with Crippen LogP contribution in [0.4, 0.5) is 0 Å². The van der Waals surface area contributed by atoms with Crippen LogP contribution < -0.4 is 0 Å². The number of piperidine rings is 1. The van der Waals surface area contributed by atoms with E-state index < -0.39 is 20.0 Å². The van der Waals surface area contributed by atoms with Crippen LogP contribution in [-0.4, -0.2) is 57.8 Å². The highest BCUT2D eigenvalue weighted by Gasteiger charge is 2.31. The van der Waals surface area contributed by atoms with Crippen LogP contribution in [0.5, 0.6) is 0 Å². The summed E-state index contributed by atoms with van der Waals surface area (Å²) >= 11 is 5.97. The maximum Gasteiger partial charge on any atom is 0.243 e. The molecule has 33 heavy (non-hydrogen) atoms. The zero-order valence-corrected chi connectivity index (χ0v) is 20.8. The molecule has 2 saturated heterocycles. The van der Waals surface area contributed by atoms with Crippen molar-refractivity contribution in [2.75, 3.05) is 26.2 Å². The molecule has 0 saturated carbocycles. The fourth-order valence-electron chi connectivity index (χ4n) is 4.24. The fourth-order valence-corrected chi connectivity index (χ4v) is 7.35. The SMILES string of the molecule is O=S(=O)(c1ccc(S(=O)(=O)N(Cc2ccc(Cl)cc2)C[C@H]2CCCO2)cc1)N1CCCCC1. The molecule has 10 heteroatoms. The number of rotatable bonds is 8. The number of halogens is 1. The molecule has 2 aliphatic rings. The second-order valence-electron chi connectivity index (χ2n) is 8.50. The molecule has 2 fully saturated rings. The van der Waals surface area contributed by atoms with Gasteiger partial charge in [-0.15, -0.1) is 0 Å². The Morgan fingerprint density at radius 2 is 1.52 bits per heavy atom. The first-order valence-corrected chi connectivity index (χ1v) is 14.5. The molecule has 0 bridgehead atoms. The van der Waals surface area contributed by atoms with Gasteiger partial charge in [-0.1, -0.05) is 30.2 Å². The summed E-state index contributed by atoms with van der Waals surface area (Å²) in [5.41, 5.74) is 0.810. The molecule has 0 spiro atoms. The standard InChI is InChI=1S/C23H29ClN2O5S2/c24-20-8-6-19(7-9-20)17-26(18-21-5-4-16-31-21)33(29,30)23-12-10-22(11-13-23)32(27,28)25-14-2-1-3-15-25/h6-13,21H,1-5,14-18H2/t21-/m1/s1. The smallest absolute Gasteiger partial charge is 0.243 e. The number of nitrogens with zero attached hydrogens (tertiary/aromatic N) is 2. The minimum absolute atomic E-state index is 0.0621. The molecule has 180 valence electrons. The van der Waals surface area contributed by atoms with Crippen molar-refractivity contribution in [3.05, 3.63) is 59.1 Å². The van der Waals surface area contributed by atoms with E-state index in [1.54, 1.807) is 24.3 Å². The lowest BCUT2D eigenvalue weighted by atomic mass is 10.2. The molecule has 7 nitrogen and oxygen atoms in total. The van der Waals surface area contributed by atoms with Gasteiger partial charge >= 0.3 is 0 Å². The maximum atomic E-state index is 13.5. The third-order valence-electron chi connectivity index (χ3n) is 6.12. The molecule has 1 atom stereocenters. The molecule has 2 aromatic rings. The average molecular weight is 513 g/mol. The summed E-state index contributed by atoms with van der Waals surface area (Å²) in [7, 11) is -7.50. The molecule has 0 unspecified atom stereocenters. The normalized spacial score (nSPS) is 20.4. The van der Waals surface area contributed by atoms with Gasteiger partial charge in [-0.25, -0.2) is 16.8 Å². The van der Waals surface area contributed by atoms with Crippen molar-refractivity contribution in [1.29, 1.82) is 0 Å². The van der Waals surface area contributed by atoms with Crippen molar-refractivity contribution >= 4 is 31.6 Å². The Kier molecular flexibility index (Phi) is 7.77. The third-order valence-corrected chi connectivity index (χ3v) is 10.1. The lowest BCUT2D eigenvalue weighted by Gasteiger charge is -2.26. The molecule has 0 aromatic heterocycles. The summed E-state index contributed by atoms with van der Waals surface area (Å²) in [6, 6.07) is 12.6. The Hall–Kier alpha value is -1.49. The number of benzene rings is 2. The van der Waals surface area contributed by atoms with Crippen molar-refractivity contribution in [2.24, 2.45) is 0 Å². The van der Waals surface area contributed by atoms with Crippen LogP contribution in [-0.2, 0) is 31.3 Å². The predicted octanol–water partition coefficient (Wildman–Crippen LogP) is 3.88. The fraction of sp³-hybridized carbons (Fsp3) is 0.478.